The minimum Gasteiger partial charge on any atom is -0.493 e. The summed E-state index contributed by atoms with van der Waals surface area (Å²) in [6.45, 7) is 1.30. The number of alkyl halides is 3. The van der Waals surface area contributed by atoms with Gasteiger partial charge in [-0.05, 0) is 25.1 Å². The Bertz CT molecular complexity index is 660. The highest BCUT2D eigenvalue weighted by Gasteiger charge is 2.62. The molecule has 9 heteroatoms. The van der Waals surface area contributed by atoms with E-state index in [1.807, 2.05) is 0 Å². The molecule has 0 aliphatic carbocycles. The van der Waals surface area contributed by atoms with Gasteiger partial charge in [-0.1, -0.05) is 0 Å². The normalized spacial score (nSPS) is 21.2. The number of hydrogen-bond acceptors (Lipinski definition) is 5. The summed E-state index contributed by atoms with van der Waals surface area (Å²) in [4.78, 5) is 12.4. The Morgan fingerprint density at radius 3 is 2.43 bits per heavy atom. The van der Waals surface area contributed by atoms with Gasteiger partial charge in [-0.15, -0.1) is 0 Å². The molecule has 0 aromatic heterocycles. The van der Waals surface area contributed by atoms with Crippen LogP contribution in [0.1, 0.15) is 23.7 Å². The number of carbonyl (C=O) groups excluding carboxylic acids is 1. The first kappa shape index (κ1) is 17.1. The summed E-state index contributed by atoms with van der Waals surface area (Å²) in [5.41, 5.74) is -3.48. The zero-order chi connectivity index (χ0) is 17.4. The van der Waals surface area contributed by atoms with Crippen LogP contribution in [-0.2, 0) is 0 Å². The van der Waals surface area contributed by atoms with Gasteiger partial charge in [0.15, 0.2) is 11.5 Å². The lowest BCUT2D eigenvalue weighted by Gasteiger charge is -2.32. The van der Waals surface area contributed by atoms with Gasteiger partial charge in [-0.25, -0.2) is 0 Å². The zero-order valence-corrected chi connectivity index (χ0v) is 12.6. The van der Waals surface area contributed by atoms with Crippen molar-refractivity contribution in [1.82, 2.24) is 5.01 Å². The van der Waals surface area contributed by atoms with Crippen molar-refractivity contribution in [1.29, 1.82) is 0 Å². The van der Waals surface area contributed by atoms with Gasteiger partial charge in [0.25, 0.3) is 11.6 Å². The van der Waals surface area contributed by atoms with Crippen LogP contribution in [0.25, 0.3) is 0 Å². The predicted octanol–water partition coefficient (Wildman–Crippen LogP) is 2.18. The van der Waals surface area contributed by atoms with Crippen molar-refractivity contribution >= 4 is 11.6 Å². The highest BCUT2D eigenvalue weighted by molar-refractivity contribution is 5.98. The molecule has 1 aliphatic heterocycles. The SMILES string of the molecule is COc1ccc(C(=O)N2N=C(C)CC2(O)C(F)(F)F)cc1OC. The quantitative estimate of drug-likeness (QED) is 0.921. The molecular formula is C14H15F3N2O4. The fourth-order valence-corrected chi connectivity index (χ4v) is 2.25. The fraction of sp³-hybridized carbons (Fsp3) is 0.429. The molecule has 1 aromatic carbocycles. The van der Waals surface area contributed by atoms with E-state index in [1.165, 1.54) is 39.3 Å². The third kappa shape index (κ3) is 2.83. The Kier molecular flexibility index (Phi) is 4.25. The lowest BCUT2D eigenvalue weighted by molar-refractivity contribution is -0.297. The molecule has 126 valence electrons. The minimum atomic E-state index is -5.04. The molecule has 0 fully saturated rings. The van der Waals surface area contributed by atoms with Crippen molar-refractivity contribution in [2.45, 2.75) is 25.2 Å². The molecule has 23 heavy (non-hydrogen) atoms. The second-order valence-corrected chi connectivity index (χ2v) is 5.01. The van der Waals surface area contributed by atoms with Gasteiger partial charge in [0.1, 0.15) is 0 Å². The van der Waals surface area contributed by atoms with Crippen molar-refractivity contribution in [3.8, 4) is 11.5 Å². The molecule has 1 aromatic rings. The molecule has 0 bridgehead atoms. The third-order valence-corrected chi connectivity index (χ3v) is 3.40. The number of methoxy groups -OCH3 is 2. The first-order valence-electron chi connectivity index (χ1n) is 6.54. The number of rotatable bonds is 3. The van der Waals surface area contributed by atoms with Gasteiger partial charge >= 0.3 is 6.18 Å². The first-order chi connectivity index (χ1) is 10.6. The summed E-state index contributed by atoms with van der Waals surface area (Å²) in [6.07, 6.45) is -5.84. The summed E-state index contributed by atoms with van der Waals surface area (Å²) in [5, 5.41) is 13.5. The van der Waals surface area contributed by atoms with Crippen LogP contribution >= 0.6 is 0 Å². The minimum absolute atomic E-state index is 0.00125. The smallest absolute Gasteiger partial charge is 0.438 e. The topological polar surface area (TPSA) is 71.4 Å². The summed E-state index contributed by atoms with van der Waals surface area (Å²) < 4.78 is 49.5. The molecule has 0 saturated carbocycles. The van der Waals surface area contributed by atoms with Gasteiger partial charge in [0.05, 0.1) is 14.2 Å². The average Bonchev–Trinajstić information content (AvgIpc) is 2.81. The average molecular weight is 332 g/mol. The summed E-state index contributed by atoms with van der Waals surface area (Å²) in [7, 11) is 2.71. The summed E-state index contributed by atoms with van der Waals surface area (Å²) in [6, 6.07) is 3.87. The number of halogens is 3. The largest absolute Gasteiger partial charge is 0.493 e. The highest BCUT2D eigenvalue weighted by atomic mass is 19.4. The van der Waals surface area contributed by atoms with Crippen LogP contribution in [0.15, 0.2) is 23.3 Å². The lowest BCUT2D eigenvalue weighted by Crippen LogP contribution is -2.56. The molecule has 1 atom stereocenters. The second-order valence-electron chi connectivity index (χ2n) is 5.01. The Labute approximate surface area is 130 Å². The van der Waals surface area contributed by atoms with Gasteiger partial charge in [0, 0.05) is 17.7 Å². The lowest BCUT2D eigenvalue weighted by atomic mass is 10.1. The van der Waals surface area contributed by atoms with E-state index in [1.54, 1.807) is 0 Å². The number of amides is 1. The van der Waals surface area contributed by atoms with Crippen molar-refractivity contribution < 1.29 is 32.5 Å². The number of hydrogen-bond donors (Lipinski definition) is 1. The van der Waals surface area contributed by atoms with Crippen molar-refractivity contribution in [3.63, 3.8) is 0 Å². The third-order valence-electron chi connectivity index (χ3n) is 3.40. The number of ether oxygens (including phenoxy) is 2. The Balaban J connectivity index is 2.43. The standard InChI is InChI=1S/C14H15F3N2O4/c1-8-7-13(21,14(15,16)17)19(18-8)12(20)9-4-5-10(22-2)11(6-9)23-3/h4-6,21H,7H2,1-3H3. The molecule has 0 spiro atoms. The van der Waals surface area contributed by atoms with Gasteiger partial charge in [0.2, 0.25) is 0 Å². The fourth-order valence-electron chi connectivity index (χ4n) is 2.25. The molecule has 1 N–H and O–H groups in total. The summed E-state index contributed by atoms with van der Waals surface area (Å²) >= 11 is 0. The number of carbonyl (C=O) groups is 1. The van der Waals surface area contributed by atoms with Crippen LogP contribution in [0, 0.1) is 0 Å². The maximum absolute atomic E-state index is 13.1. The maximum atomic E-state index is 13.1. The molecule has 0 saturated heterocycles. The summed E-state index contributed by atoms with van der Waals surface area (Å²) in [5.74, 6) is -0.604. The van der Waals surface area contributed by atoms with E-state index in [0.29, 0.717) is 5.75 Å². The number of benzene rings is 1. The highest BCUT2D eigenvalue weighted by Crippen LogP contribution is 2.41. The Hall–Kier alpha value is -2.29. The van der Waals surface area contributed by atoms with Crippen LogP contribution in [-0.4, -0.2) is 47.9 Å². The van der Waals surface area contributed by atoms with Crippen molar-refractivity contribution in [2.75, 3.05) is 14.2 Å². The van der Waals surface area contributed by atoms with Gasteiger partial charge < -0.3 is 14.6 Å². The van der Waals surface area contributed by atoms with Crippen LogP contribution in [0.2, 0.25) is 0 Å². The van der Waals surface area contributed by atoms with E-state index in [-0.39, 0.29) is 22.0 Å². The number of aliphatic hydroxyl groups is 1. The molecular weight excluding hydrogens is 317 g/mol. The van der Waals surface area contributed by atoms with E-state index in [9.17, 15) is 23.1 Å². The number of nitrogens with zero attached hydrogens (tertiary/aromatic N) is 2. The van der Waals surface area contributed by atoms with E-state index >= 15 is 0 Å². The number of hydrazone groups is 1. The van der Waals surface area contributed by atoms with E-state index in [0.717, 1.165) is 0 Å². The monoisotopic (exact) mass is 332 g/mol. The Morgan fingerprint density at radius 1 is 1.30 bits per heavy atom. The molecule has 6 nitrogen and oxygen atoms in total. The van der Waals surface area contributed by atoms with Gasteiger partial charge in [-0.3, -0.25) is 4.79 Å². The zero-order valence-electron chi connectivity index (χ0n) is 12.6. The Morgan fingerprint density at radius 2 is 1.91 bits per heavy atom. The molecule has 2 rings (SSSR count). The second kappa shape index (κ2) is 5.73. The van der Waals surface area contributed by atoms with E-state index in [4.69, 9.17) is 9.47 Å². The predicted molar refractivity (Wildman–Crippen MR) is 74.4 cm³/mol. The van der Waals surface area contributed by atoms with Crippen LogP contribution in [0.5, 0.6) is 11.5 Å². The van der Waals surface area contributed by atoms with Gasteiger partial charge in [-0.2, -0.15) is 23.3 Å². The van der Waals surface area contributed by atoms with Crippen molar-refractivity contribution in [3.05, 3.63) is 23.8 Å². The van der Waals surface area contributed by atoms with Crippen LogP contribution < -0.4 is 9.47 Å². The molecule has 1 heterocycles. The maximum Gasteiger partial charge on any atom is 0.438 e. The molecule has 1 amide bonds. The first-order valence-corrected chi connectivity index (χ1v) is 6.54. The molecule has 0 radical (unpaired) electrons. The van der Waals surface area contributed by atoms with Crippen LogP contribution in [0.4, 0.5) is 13.2 Å². The molecule has 1 aliphatic rings. The van der Waals surface area contributed by atoms with E-state index in [2.05, 4.69) is 5.10 Å². The molecule has 1 unspecified atom stereocenters. The van der Waals surface area contributed by atoms with Crippen molar-refractivity contribution in [2.24, 2.45) is 5.10 Å². The van der Waals surface area contributed by atoms with Crippen LogP contribution in [0.3, 0.4) is 0 Å². The van der Waals surface area contributed by atoms with E-state index < -0.39 is 24.2 Å².